The van der Waals surface area contributed by atoms with Crippen molar-refractivity contribution < 1.29 is 24.3 Å². The highest BCUT2D eigenvalue weighted by atomic mass is 16.7. The molecule has 10 heteroatoms. The topological polar surface area (TPSA) is 121 Å². The van der Waals surface area contributed by atoms with Crippen LogP contribution < -0.4 is 20.7 Å². The molecular formula is C37H55N5O5. The Morgan fingerprint density at radius 3 is 2.49 bits per heavy atom. The molecule has 6 rings (SSSR count). The zero-order chi connectivity index (χ0) is 34.4. The zero-order valence-electron chi connectivity index (χ0n) is 29.6. The molecule has 2 aromatic carbocycles. The lowest BCUT2D eigenvalue weighted by molar-refractivity contribution is -0.175. The van der Waals surface area contributed by atoms with Crippen molar-refractivity contribution in [2.24, 2.45) is 34.8 Å². The van der Waals surface area contributed by atoms with E-state index in [1.807, 2.05) is 37.2 Å². The number of methoxy groups -OCH3 is 1. The van der Waals surface area contributed by atoms with E-state index in [0.717, 1.165) is 34.4 Å². The predicted molar refractivity (Wildman–Crippen MR) is 184 cm³/mol. The number of ether oxygens (including phenoxy) is 1. The van der Waals surface area contributed by atoms with Gasteiger partial charge in [-0.3, -0.25) is 14.4 Å². The van der Waals surface area contributed by atoms with Crippen molar-refractivity contribution >= 4 is 17.5 Å². The SMILES string of the molecule is COc1c(CN2O[C@@H](CN)[C@H]([C@H](C)O)[C@H]2C(=O)N[C@H]2C[C@@H]3C[C@H]([C@@H]2C)C3(C)C)cccc1-c1cc(CN(C)C(C)=O)cc(N(C)C)c1. The highest BCUT2D eigenvalue weighted by Gasteiger charge is 2.57. The summed E-state index contributed by atoms with van der Waals surface area (Å²) >= 11 is 0. The fourth-order valence-corrected chi connectivity index (χ4v) is 8.44. The van der Waals surface area contributed by atoms with Gasteiger partial charge in [0.05, 0.1) is 25.9 Å². The molecule has 2 aromatic rings. The first-order valence-electron chi connectivity index (χ1n) is 17.0. The van der Waals surface area contributed by atoms with Crippen LogP contribution in [-0.2, 0) is 27.5 Å². The normalized spacial score (nSPS) is 28.7. The monoisotopic (exact) mass is 649 g/mol. The fraction of sp³-hybridized carbons (Fsp3) is 0.622. The number of para-hydroxylation sites is 1. The van der Waals surface area contributed by atoms with E-state index < -0.39 is 24.2 Å². The maximum absolute atomic E-state index is 14.2. The zero-order valence-corrected chi connectivity index (χ0v) is 29.6. The molecule has 4 aliphatic rings. The number of carbonyl (C=O) groups is 2. The number of hydrogen-bond donors (Lipinski definition) is 3. The van der Waals surface area contributed by atoms with Gasteiger partial charge in [-0.2, -0.15) is 5.06 Å². The van der Waals surface area contributed by atoms with Crippen LogP contribution >= 0.6 is 0 Å². The third-order valence-corrected chi connectivity index (χ3v) is 11.5. The van der Waals surface area contributed by atoms with Crippen LogP contribution in [0.3, 0.4) is 0 Å². The van der Waals surface area contributed by atoms with Crippen LogP contribution in [0, 0.1) is 29.1 Å². The molecule has 1 saturated heterocycles. The average molecular weight is 650 g/mol. The molecule has 258 valence electrons. The van der Waals surface area contributed by atoms with Gasteiger partial charge in [0.2, 0.25) is 11.8 Å². The largest absolute Gasteiger partial charge is 0.496 e. The summed E-state index contributed by atoms with van der Waals surface area (Å²) in [5.41, 5.74) is 11.2. The third-order valence-electron chi connectivity index (χ3n) is 11.5. The minimum Gasteiger partial charge on any atom is -0.496 e. The van der Waals surface area contributed by atoms with E-state index in [1.165, 1.54) is 6.42 Å². The minimum atomic E-state index is -0.797. The van der Waals surface area contributed by atoms with Gasteiger partial charge in [0.1, 0.15) is 11.8 Å². The number of hydroxylamine groups is 2. The minimum absolute atomic E-state index is 0.00421. The number of nitrogens with zero attached hydrogens (tertiary/aromatic N) is 3. The van der Waals surface area contributed by atoms with Crippen LogP contribution in [0.25, 0.3) is 11.1 Å². The maximum Gasteiger partial charge on any atom is 0.240 e. The number of anilines is 1. The van der Waals surface area contributed by atoms with Crippen molar-refractivity contribution in [2.45, 2.75) is 84.8 Å². The van der Waals surface area contributed by atoms with Crippen molar-refractivity contribution in [1.82, 2.24) is 15.3 Å². The molecule has 4 N–H and O–H groups in total. The van der Waals surface area contributed by atoms with Crippen molar-refractivity contribution in [3.05, 3.63) is 47.5 Å². The lowest BCUT2D eigenvalue weighted by Gasteiger charge is -2.62. The molecule has 0 aromatic heterocycles. The van der Waals surface area contributed by atoms with Gasteiger partial charge < -0.3 is 30.7 Å². The number of benzene rings is 2. The lowest BCUT2D eigenvalue weighted by Crippen LogP contribution is -2.62. The molecule has 0 unspecified atom stereocenters. The number of amides is 2. The molecule has 0 spiro atoms. The van der Waals surface area contributed by atoms with E-state index in [0.29, 0.717) is 35.5 Å². The van der Waals surface area contributed by atoms with Crippen LogP contribution in [0.5, 0.6) is 5.75 Å². The quantitative estimate of drug-likeness (QED) is 0.334. The summed E-state index contributed by atoms with van der Waals surface area (Å²) in [6, 6.07) is 11.6. The van der Waals surface area contributed by atoms with E-state index in [9.17, 15) is 14.7 Å². The first-order chi connectivity index (χ1) is 22.2. The number of rotatable bonds is 11. The summed E-state index contributed by atoms with van der Waals surface area (Å²) in [6.07, 6.45) is 0.894. The summed E-state index contributed by atoms with van der Waals surface area (Å²) in [5.74, 6) is 1.62. The number of hydrogen-bond acceptors (Lipinski definition) is 8. The first kappa shape index (κ1) is 35.1. The van der Waals surface area contributed by atoms with Crippen LogP contribution in [0.2, 0.25) is 0 Å². The second-order valence-corrected chi connectivity index (χ2v) is 14.9. The summed E-state index contributed by atoms with van der Waals surface area (Å²) in [7, 11) is 7.43. The van der Waals surface area contributed by atoms with Crippen LogP contribution in [0.4, 0.5) is 5.69 Å². The van der Waals surface area contributed by atoms with E-state index >= 15 is 0 Å². The summed E-state index contributed by atoms with van der Waals surface area (Å²) < 4.78 is 6.06. The van der Waals surface area contributed by atoms with Gasteiger partial charge in [0.25, 0.3) is 0 Å². The molecule has 4 fully saturated rings. The standard InChI is InChI=1S/C37H55N5O5/c1-21-30-16-27(37(30,4)5)17-31(21)39-36(45)34-33(22(2)43)32(18-38)47-42(34)20-25-11-10-12-29(35(25)46-9)26-13-24(19-41(8)23(3)44)14-28(15-26)40(6)7/h10-15,21-22,27,30-34,43H,16-20,38H2,1-9H3,(H,39,45)/t21-,22-,27-,30+,31-,32-,33-,34-/m0/s1. The number of nitrogens with two attached hydrogens (primary N) is 1. The Hall–Kier alpha value is -3.18. The molecule has 3 saturated carbocycles. The van der Waals surface area contributed by atoms with E-state index in [1.54, 1.807) is 38.0 Å². The Kier molecular flexibility index (Phi) is 10.3. The Balaban J connectivity index is 1.46. The molecule has 47 heavy (non-hydrogen) atoms. The van der Waals surface area contributed by atoms with Crippen LogP contribution in [0.1, 0.15) is 58.6 Å². The highest BCUT2D eigenvalue weighted by molar-refractivity contribution is 5.83. The Morgan fingerprint density at radius 2 is 1.91 bits per heavy atom. The van der Waals surface area contributed by atoms with Crippen molar-refractivity contribution in [3.63, 3.8) is 0 Å². The first-order valence-corrected chi connectivity index (χ1v) is 17.0. The fourth-order valence-electron chi connectivity index (χ4n) is 8.44. The van der Waals surface area contributed by atoms with Crippen molar-refractivity contribution in [3.8, 4) is 16.9 Å². The molecule has 0 radical (unpaired) electrons. The van der Waals surface area contributed by atoms with E-state index in [2.05, 4.69) is 44.3 Å². The lowest BCUT2D eigenvalue weighted by atomic mass is 9.45. The smallest absolute Gasteiger partial charge is 0.240 e. The molecule has 2 amide bonds. The van der Waals surface area contributed by atoms with Gasteiger partial charge in [0.15, 0.2) is 0 Å². The Bertz CT molecular complexity index is 1460. The number of aliphatic hydroxyl groups excluding tert-OH is 1. The Labute approximate surface area is 280 Å². The van der Waals surface area contributed by atoms with Gasteiger partial charge in [-0.25, -0.2) is 0 Å². The van der Waals surface area contributed by atoms with Crippen molar-refractivity contribution in [1.29, 1.82) is 0 Å². The van der Waals surface area contributed by atoms with Crippen LogP contribution in [0.15, 0.2) is 36.4 Å². The van der Waals surface area contributed by atoms with Gasteiger partial charge >= 0.3 is 0 Å². The summed E-state index contributed by atoms with van der Waals surface area (Å²) in [5, 5.41) is 16.0. The number of aliphatic hydroxyl groups is 1. The molecule has 3 aliphatic carbocycles. The highest BCUT2D eigenvalue weighted by Crippen LogP contribution is 2.61. The second kappa shape index (κ2) is 13.7. The molecule has 1 aliphatic heterocycles. The summed E-state index contributed by atoms with van der Waals surface area (Å²) in [4.78, 5) is 36.3. The maximum atomic E-state index is 14.2. The van der Waals surface area contributed by atoms with Crippen molar-refractivity contribution in [2.75, 3.05) is 39.7 Å². The molecular weight excluding hydrogens is 594 g/mol. The average Bonchev–Trinajstić information content (AvgIpc) is 3.40. The van der Waals surface area contributed by atoms with E-state index in [4.69, 9.17) is 15.3 Å². The van der Waals surface area contributed by atoms with Gasteiger partial charge in [-0.05, 0) is 72.3 Å². The number of carbonyl (C=O) groups excluding carboxylic acids is 2. The predicted octanol–water partition coefficient (Wildman–Crippen LogP) is 4.03. The summed E-state index contributed by atoms with van der Waals surface area (Å²) in [6.45, 7) is 11.2. The third kappa shape index (κ3) is 6.75. The van der Waals surface area contributed by atoms with Gasteiger partial charge in [-0.15, -0.1) is 0 Å². The second-order valence-electron chi connectivity index (χ2n) is 14.9. The number of nitrogens with one attached hydrogen (secondary N) is 1. The molecule has 1 heterocycles. The van der Waals surface area contributed by atoms with Gasteiger partial charge in [0, 0.05) is 69.9 Å². The van der Waals surface area contributed by atoms with E-state index in [-0.39, 0.29) is 30.9 Å². The molecule has 10 nitrogen and oxygen atoms in total. The van der Waals surface area contributed by atoms with Crippen LogP contribution in [-0.4, -0.2) is 86.0 Å². The van der Waals surface area contributed by atoms with Gasteiger partial charge in [-0.1, -0.05) is 39.0 Å². The number of fused-ring (bicyclic) bond motifs is 2. The molecule has 2 bridgehead atoms. The molecule has 8 atom stereocenters. The Morgan fingerprint density at radius 1 is 1.19 bits per heavy atom.